The number of nitrogens with zero attached hydrogens (tertiary/aromatic N) is 2. The quantitative estimate of drug-likeness (QED) is 0.504. The van der Waals surface area contributed by atoms with Crippen LogP contribution in [0.2, 0.25) is 5.02 Å². The molecule has 2 rings (SSSR count). The van der Waals surface area contributed by atoms with Crippen LogP contribution in [0.1, 0.15) is 38.8 Å². The summed E-state index contributed by atoms with van der Waals surface area (Å²) in [6.07, 6.45) is 1.04. The van der Waals surface area contributed by atoms with E-state index in [1.165, 1.54) is 4.90 Å². The van der Waals surface area contributed by atoms with Crippen LogP contribution in [-0.2, 0) is 26.2 Å². The Morgan fingerprint density at radius 2 is 1.76 bits per heavy atom. The summed E-state index contributed by atoms with van der Waals surface area (Å²) in [5.74, 6) is -0.845. The Balaban J connectivity index is 2.45. The maximum atomic E-state index is 13.6. The van der Waals surface area contributed by atoms with E-state index in [2.05, 4.69) is 21.2 Å². The molecule has 1 atom stereocenters. The normalized spacial score (nSPS) is 12.7. The second kappa shape index (κ2) is 11.1. The minimum Gasteiger partial charge on any atom is -0.350 e. The molecule has 7 nitrogen and oxygen atoms in total. The van der Waals surface area contributed by atoms with Crippen LogP contribution in [0.25, 0.3) is 0 Å². The summed E-state index contributed by atoms with van der Waals surface area (Å²) >= 11 is 9.63. The van der Waals surface area contributed by atoms with Gasteiger partial charge in [-0.15, -0.1) is 0 Å². The van der Waals surface area contributed by atoms with Gasteiger partial charge in [0.1, 0.15) is 12.6 Å². The molecule has 0 saturated carbocycles. The second-order valence-corrected chi connectivity index (χ2v) is 12.5. The summed E-state index contributed by atoms with van der Waals surface area (Å²) in [6.45, 7) is 8.54. The zero-order valence-electron chi connectivity index (χ0n) is 20.2. The molecule has 0 radical (unpaired) electrons. The van der Waals surface area contributed by atoms with E-state index in [1.54, 1.807) is 32.0 Å². The van der Waals surface area contributed by atoms with Gasteiger partial charge in [0.05, 0.1) is 11.9 Å². The van der Waals surface area contributed by atoms with E-state index in [0.717, 1.165) is 20.6 Å². The fourth-order valence-corrected chi connectivity index (χ4v) is 4.87. The largest absolute Gasteiger partial charge is 0.350 e. The summed E-state index contributed by atoms with van der Waals surface area (Å²) in [5, 5.41) is 3.28. The third kappa shape index (κ3) is 7.71. The van der Waals surface area contributed by atoms with Gasteiger partial charge < -0.3 is 10.2 Å². The topological polar surface area (TPSA) is 86.8 Å². The van der Waals surface area contributed by atoms with Gasteiger partial charge in [0.25, 0.3) is 0 Å². The number of sulfonamides is 1. The first kappa shape index (κ1) is 28.1. The maximum absolute atomic E-state index is 13.6. The molecular formula is C24H31BrClN3O4S. The van der Waals surface area contributed by atoms with E-state index in [0.29, 0.717) is 16.3 Å². The number of anilines is 1. The number of hydrogen-bond acceptors (Lipinski definition) is 4. The van der Waals surface area contributed by atoms with Crippen LogP contribution in [-0.4, -0.2) is 49.5 Å². The molecule has 0 spiro atoms. The highest BCUT2D eigenvalue weighted by Gasteiger charge is 2.32. The molecule has 186 valence electrons. The summed E-state index contributed by atoms with van der Waals surface area (Å²) in [6, 6.07) is 11.4. The van der Waals surface area contributed by atoms with Crippen molar-refractivity contribution in [1.82, 2.24) is 10.2 Å². The van der Waals surface area contributed by atoms with Crippen molar-refractivity contribution in [2.75, 3.05) is 17.1 Å². The number of nitrogens with one attached hydrogen (secondary N) is 1. The Hall–Kier alpha value is -2.10. The Morgan fingerprint density at radius 1 is 1.15 bits per heavy atom. The Kier molecular flexibility index (Phi) is 9.18. The Bertz CT molecular complexity index is 1170. The van der Waals surface area contributed by atoms with Gasteiger partial charge >= 0.3 is 0 Å². The van der Waals surface area contributed by atoms with Crippen molar-refractivity contribution < 1.29 is 18.0 Å². The lowest BCUT2D eigenvalue weighted by Gasteiger charge is -2.33. The van der Waals surface area contributed by atoms with Crippen LogP contribution in [0.5, 0.6) is 0 Å². The van der Waals surface area contributed by atoms with E-state index in [-0.39, 0.29) is 12.5 Å². The number of halogens is 2. The third-order valence-corrected chi connectivity index (χ3v) is 7.12. The van der Waals surface area contributed by atoms with Crippen LogP contribution >= 0.6 is 27.5 Å². The van der Waals surface area contributed by atoms with Gasteiger partial charge in [0.15, 0.2) is 0 Å². The number of benzene rings is 2. The number of hydrogen-bond donors (Lipinski definition) is 1. The number of carbonyl (C=O) groups excluding carboxylic acids is 2. The summed E-state index contributed by atoms with van der Waals surface area (Å²) in [4.78, 5) is 27.9. The minimum atomic E-state index is -3.82. The van der Waals surface area contributed by atoms with Gasteiger partial charge in [-0.3, -0.25) is 13.9 Å². The lowest BCUT2D eigenvalue weighted by molar-refractivity contribution is -0.140. The summed E-state index contributed by atoms with van der Waals surface area (Å²) in [7, 11) is -3.82. The molecule has 0 unspecified atom stereocenters. The van der Waals surface area contributed by atoms with Crippen molar-refractivity contribution in [3.05, 3.63) is 63.1 Å². The van der Waals surface area contributed by atoms with Gasteiger partial charge in [0.2, 0.25) is 21.8 Å². The van der Waals surface area contributed by atoms with Crippen molar-refractivity contribution in [3.63, 3.8) is 0 Å². The van der Waals surface area contributed by atoms with Gasteiger partial charge in [0, 0.05) is 21.6 Å². The van der Waals surface area contributed by atoms with Gasteiger partial charge in [-0.25, -0.2) is 8.42 Å². The number of rotatable bonds is 8. The molecule has 2 aromatic rings. The molecule has 0 saturated heterocycles. The molecule has 0 bridgehead atoms. The molecule has 2 amide bonds. The number of carbonyl (C=O) groups is 2. The predicted molar refractivity (Wildman–Crippen MR) is 140 cm³/mol. The maximum Gasteiger partial charge on any atom is 0.244 e. The molecule has 0 aliphatic carbocycles. The highest BCUT2D eigenvalue weighted by atomic mass is 79.9. The molecule has 0 heterocycles. The molecule has 0 aliphatic heterocycles. The zero-order chi connectivity index (χ0) is 25.8. The second-order valence-electron chi connectivity index (χ2n) is 9.22. The smallest absolute Gasteiger partial charge is 0.244 e. The SMILES string of the molecule is Cc1c(Cl)cccc1N(CC(=O)N(Cc1cccc(Br)c1)[C@H](C)C(=O)NC(C)(C)C)S(C)(=O)=O. The standard InChI is InChI=1S/C24H31BrClN3O4S/c1-16-20(26)11-8-12-21(16)29(34(6,32)33)15-22(30)28(14-18-9-7-10-19(25)13-18)17(2)23(31)27-24(3,4)5/h7-13,17H,14-15H2,1-6H3,(H,27,31)/t17-/m1/s1. The fraction of sp³-hybridized carbons (Fsp3) is 0.417. The van der Waals surface area contributed by atoms with Crippen LogP contribution in [0, 0.1) is 6.92 Å². The third-order valence-electron chi connectivity index (χ3n) is 5.09. The molecule has 0 aromatic heterocycles. The van der Waals surface area contributed by atoms with Crippen molar-refractivity contribution in [2.24, 2.45) is 0 Å². The molecule has 0 fully saturated rings. The lowest BCUT2D eigenvalue weighted by atomic mass is 10.1. The van der Waals surface area contributed by atoms with E-state index < -0.39 is 34.1 Å². The van der Waals surface area contributed by atoms with Crippen molar-refractivity contribution in [1.29, 1.82) is 0 Å². The predicted octanol–water partition coefficient (Wildman–Crippen LogP) is 4.51. The minimum absolute atomic E-state index is 0.128. The van der Waals surface area contributed by atoms with Crippen LogP contribution < -0.4 is 9.62 Å². The van der Waals surface area contributed by atoms with Crippen LogP contribution in [0.4, 0.5) is 5.69 Å². The van der Waals surface area contributed by atoms with Crippen molar-refractivity contribution in [3.8, 4) is 0 Å². The van der Waals surface area contributed by atoms with Crippen molar-refractivity contribution in [2.45, 2.75) is 52.7 Å². The summed E-state index contributed by atoms with van der Waals surface area (Å²) in [5.41, 5.74) is 1.16. The van der Waals surface area contributed by atoms with E-state index >= 15 is 0 Å². The van der Waals surface area contributed by atoms with Crippen molar-refractivity contribution >= 4 is 55.1 Å². The molecular weight excluding hydrogens is 542 g/mol. The highest BCUT2D eigenvalue weighted by Crippen LogP contribution is 2.28. The molecule has 10 heteroatoms. The van der Waals surface area contributed by atoms with E-state index in [9.17, 15) is 18.0 Å². The van der Waals surface area contributed by atoms with Crippen LogP contribution in [0.3, 0.4) is 0 Å². The van der Waals surface area contributed by atoms with Crippen LogP contribution in [0.15, 0.2) is 46.9 Å². The van der Waals surface area contributed by atoms with E-state index in [4.69, 9.17) is 11.6 Å². The van der Waals surface area contributed by atoms with Gasteiger partial charge in [-0.05, 0) is 70.0 Å². The lowest BCUT2D eigenvalue weighted by Crippen LogP contribution is -2.54. The molecule has 1 N–H and O–H groups in total. The molecule has 2 aromatic carbocycles. The number of amides is 2. The van der Waals surface area contributed by atoms with Gasteiger partial charge in [-0.2, -0.15) is 0 Å². The molecule has 34 heavy (non-hydrogen) atoms. The first-order valence-corrected chi connectivity index (χ1v) is 13.7. The fourth-order valence-electron chi connectivity index (χ4n) is 3.35. The monoisotopic (exact) mass is 571 g/mol. The molecule has 0 aliphatic rings. The first-order chi connectivity index (χ1) is 15.6. The van der Waals surface area contributed by atoms with E-state index in [1.807, 2.05) is 45.0 Å². The average Bonchev–Trinajstić information content (AvgIpc) is 2.70. The zero-order valence-corrected chi connectivity index (χ0v) is 23.4. The first-order valence-electron chi connectivity index (χ1n) is 10.7. The average molecular weight is 573 g/mol. The highest BCUT2D eigenvalue weighted by molar-refractivity contribution is 9.10. The Morgan fingerprint density at radius 3 is 2.32 bits per heavy atom. The Labute approximate surface area is 215 Å². The summed E-state index contributed by atoms with van der Waals surface area (Å²) < 4.78 is 27.2. The van der Waals surface area contributed by atoms with Gasteiger partial charge in [-0.1, -0.05) is 45.7 Å².